The number of thioether (sulfide) groups is 1. The number of aryl methyl sites for hydroxylation is 2. The minimum atomic E-state index is 0.0345. The van der Waals surface area contributed by atoms with Gasteiger partial charge >= 0.3 is 0 Å². The van der Waals surface area contributed by atoms with Crippen molar-refractivity contribution < 1.29 is 4.79 Å². The number of carbonyl (C=O) groups excluding carboxylic acids is 1. The first-order valence-electron chi connectivity index (χ1n) is 7.84. The highest BCUT2D eigenvalue weighted by atomic mass is 32.2. The maximum atomic E-state index is 12.4. The van der Waals surface area contributed by atoms with Crippen LogP contribution < -0.4 is 0 Å². The van der Waals surface area contributed by atoms with E-state index >= 15 is 0 Å². The fourth-order valence-electron chi connectivity index (χ4n) is 2.36. The Balaban J connectivity index is 1.61. The number of benzene rings is 1. The summed E-state index contributed by atoms with van der Waals surface area (Å²) in [4.78, 5) is 14.1. The van der Waals surface area contributed by atoms with Crippen molar-refractivity contribution in [3.8, 4) is 5.69 Å². The van der Waals surface area contributed by atoms with Crippen LogP contribution in [0, 0.1) is 6.92 Å². The Bertz CT molecular complexity index is 854. The van der Waals surface area contributed by atoms with Gasteiger partial charge in [-0.05, 0) is 19.1 Å². The Morgan fingerprint density at radius 3 is 2.72 bits per heavy atom. The highest BCUT2D eigenvalue weighted by Gasteiger charge is 2.14. The molecule has 130 valence electrons. The second-order valence-corrected chi connectivity index (χ2v) is 6.82. The number of amides is 1. The highest BCUT2D eigenvalue weighted by Crippen LogP contribution is 2.20. The van der Waals surface area contributed by atoms with E-state index in [1.165, 1.54) is 17.3 Å². The van der Waals surface area contributed by atoms with Crippen LogP contribution in [-0.4, -0.2) is 48.2 Å². The molecular formula is C17H20N6OS. The molecule has 25 heavy (non-hydrogen) atoms. The molecule has 0 atom stereocenters. The molecular weight excluding hydrogens is 336 g/mol. The maximum Gasteiger partial charge on any atom is 0.233 e. The molecule has 0 aliphatic heterocycles. The molecule has 1 aromatic carbocycles. The molecule has 2 heterocycles. The van der Waals surface area contributed by atoms with Crippen molar-refractivity contribution in [2.75, 3.05) is 12.8 Å². The molecule has 3 rings (SSSR count). The summed E-state index contributed by atoms with van der Waals surface area (Å²) >= 11 is 1.38. The monoisotopic (exact) mass is 356 g/mol. The Kier molecular flexibility index (Phi) is 5.18. The summed E-state index contributed by atoms with van der Waals surface area (Å²) in [6.07, 6.45) is 5.34. The number of carbonyl (C=O) groups is 1. The third-order valence-electron chi connectivity index (χ3n) is 3.76. The van der Waals surface area contributed by atoms with Crippen LogP contribution in [-0.2, 0) is 18.4 Å². The van der Waals surface area contributed by atoms with E-state index in [-0.39, 0.29) is 5.91 Å². The summed E-state index contributed by atoms with van der Waals surface area (Å²) in [5.41, 5.74) is 3.18. The highest BCUT2D eigenvalue weighted by molar-refractivity contribution is 7.99. The van der Waals surface area contributed by atoms with E-state index in [0.29, 0.717) is 17.5 Å². The SMILES string of the molecule is Cc1ccc(-n2cnnc2SCC(=O)N(C)Cc2cnn(C)c2)cc1. The van der Waals surface area contributed by atoms with Crippen molar-refractivity contribution >= 4 is 17.7 Å². The van der Waals surface area contributed by atoms with E-state index in [2.05, 4.69) is 15.3 Å². The first-order chi connectivity index (χ1) is 12.0. The van der Waals surface area contributed by atoms with Gasteiger partial charge in [-0.1, -0.05) is 29.5 Å². The molecule has 0 radical (unpaired) electrons. The predicted molar refractivity (Wildman–Crippen MR) is 96.5 cm³/mol. The molecule has 8 heteroatoms. The number of nitrogens with zero attached hydrogens (tertiary/aromatic N) is 6. The zero-order chi connectivity index (χ0) is 17.8. The molecule has 0 bridgehead atoms. The van der Waals surface area contributed by atoms with Crippen molar-refractivity contribution in [2.24, 2.45) is 7.05 Å². The van der Waals surface area contributed by atoms with Crippen LogP contribution in [0.15, 0.2) is 48.1 Å². The molecule has 2 aromatic heterocycles. The van der Waals surface area contributed by atoms with Gasteiger partial charge in [-0.2, -0.15) is 5.10 Å². The molecule has 0 aliphatic rings. The summed E-state index contributed by atoms with van der Waals surface area (Å²) in [5.74, 6) is 0.341. The minimum Gasteiger partial charge on any atom is -0.341 e. The Morgan fingerprint density at radius 1 is 1.28 bits per heavy atom. The van der Waals surface area contributed by atoms with Crippen LogP contribution in [0.3, 0.4) is 0 Å². The Morgan fingerprint density at radius 2 is 2.04 bits per heavy atom. The summed E-state index contributed by atoms with van der Waals surface area (Å²) in [5, 5.41) is 12.9. The van der Waals surface area contributed by atoms with Crippen molar-refractivity contribution in [2.45, 2.75) is 18.6 Å². The van der Waals surface area contributed by atoms with Crippen LogP contribution in [0.4, 0.5) is 0 Å². The number of rotatable bonds is 6. The van der Waals surface area contributed by atoms with Crippen LogP contribution in [0.2, 0.25) is 0 Å². The van der Waals surface area contributed by atoms with E-state index in [0.717, 1.165) is 11.3 Å². The normalized spacial score (nSPS) is 10.8. The number of aromatic nitrogens is 5. The maximum absolute atomic E-state index is 12.4. The lowest BCUT2D eigenvalue weighted by Gasteiger charge is -2.15. The largest absolute Gasteiger partial charge is 0.341 e. The first kappa shape index (κ1) is 17.2. The fraction of sp³-hybridized carbons (Fsp3) is 0.294. The zero-order valence-corrected chi connectivity index (χ0v) is 15.3. The fourth-order valence-corrected chi connectivity index (χ4v) is 3.23. The Labute approximate surface area is 150 Å². The first-order valence-corrected chi connectivity index (χ1v) is 8.83. The average Bonchev–Trinajstić information content (AvgIpc) is 3.22. The predicted octanol–water partition coefficient (Wildman–Crippen LogP) is 2.06. The molecule has 0 N–H and O–H groups in total. The average molecular weight is 356 g/mol. The van der Waals surface area contributed by atoms with Crippen molar-refractivity contribution in [1.29, 1.82) is 0 Å². The van der Waals surface area contributed by atoms with Gasteiger partial charge in [0.1, 0.15) is 6.33 Å². The number of hydrogen-bond donors (Lipinski definition) is 0. The third-order valence-corrected chi connectivity index (χ3v) is 4.69. The van der Waals surface area contributed by atoms with E-state index < -0.39 is 0 Å². The topological polar surface area (TPSA) is 68.8 Å². The second kappa shape index (κ2) is 7.52. The summed E-state index contributed by atoms with van der Waals surface area (Å²) in [6.45, 7) is 2.58. The molecule has 0 saturated carbocycles. The van der Waals surface area contributed by atoms with Crippen molar-refractivity contribution in [3.05, 3.63) is 54.1 Å². The van der Waals surface area contributed by atoms with Crippen molar-refractivity contribution in [1.82, 2.24) is 29.4 Å². The van der Waals surface area contributed by atoms with E-state index in [1.54, 1.807) is 29.2 Å². The van der Waals surface area contributed by atoms with Crippen LogP contribution in [0.1, 0.15) is 11.1 Å². The van der Waals surface area contributed by atoms with Gasteiger partial charge in [-0.25, -0.2) is 0 Å². The molecule has 0 fully saturated rings. The van der Waals surface area contributed by atoms with Crippen molar-refractivity contribution in [3.63, 3.8) is 0 Å². The number of hydrogen-bond acceptors (Lipinski definition) is 5. The second-order valence-electron chi connectivity index (χ2n) is 5.88. The van der Waals surface area contributed by atoms with Gasteiger partial charge in [-0.15, -0.1) is 10.2 Å². The molecule has 1 amide bonds. The van der Waals surface area contributed by atoms with Gasteiger partial charge in [0.25, 0.3) is 0 Å². The molecule has 0 aliphatic carbocycles. The van der Waals surface area contributed by atoms with E-state index in [9.17, 15) is 4.79 Å². The summed E-state index contributed by atoms with van der Waals surface area (Å²) in [7, 11) is 3.65. The van der Waals surface area contributed by atoms with Gasteiger partial charge < -0.3 is 4.90 Å². The van der Waals surface area contributed by atoms with Crippen LogP contribution in [0.5, 0.6) is 0 Å². The van der Waals surface area contributed by atoms with Gasteiger partial charge in [0.2, 0.25) is 5.91 Å². The van der Waals surface area contributed by atoms with Gasteiger partial charge in [-0.3, -0.25) is 14.0 Å². The Hall–Kier alpha value is -2.61. The lowest BCUT2D eigenvalue weighted by atomic mass is 10.2. The standard InChI is InChI=1S/C17H20N6OS/c1-13-4-6-15(7-5-13)23-12-18-20-17(23)25-11-16(24)21(2)9-14-8-19-22(3)10-14/h4-8,10,12H,9,11H2,1-3H3. The lowest BCUT2D eigenvalue weighted by molar-refractivity contribution is -0.127. The summed E-state index contributed by atoms with van der Waals surface area (Å²) < 4.78 is 3.62. The minimum absolute atomic E-state index is 0.0345. The zero-order valence-electron chi connectivity index (χ0n) is 14.5. The molecule has 3 aromatic rings. The third kappa shape index (κ3) is 4.27. The van der Waals surface area contributed by atoms with E-state index in [1.807, 2.05) is 49.0 Å². The van der Waals surface area contributed by atoms with E-state index in [4.69, 9.17) is 0 Å². The quantitative estimate of drug-likeness (QED) is 0.633. The smallest absolute Gasteiger partial charge is 0.233 e. The molecule has 0 saturated heterocycles. The van der Waals surface area contributed by atoms with Gasteiger partial charge in [0, 0.05) is 38.1 Å². The van der Waals surface area contributed by atoms with Gasteiger partial charge in [0.15, 0.2) is 5.16 Å². The van der Waals surface area contributed by atoms with Crippen LogP contribution in [0.25, 0.3) is 5.69 Å². The summed E-state index contributed by atoms with van der Waals surface area (Å²) in [6, 6.07) is 8.10. The molecule has 0 unspecified atom stereocenters. The molecule has 7 nitrogen and oxygen atoms in total. The molecule has 0 spiro atoms. The lowest BCUT2D eigenvalue weighted by Crippen LogP contribution is -2.27. The van der Waals surface area contributed by atoms with Gasteiger partial charge in [0.05, 0.1) is 11.9 Å². The van der Waals surface area contributed by atoms with Crippen LogP contribution >= 0.6 is 11.8 Å².